The summed E-state index contributed by atoms with van der Waals surface area (Å²) in [5.74, 6) is 1.34. The van der Waals surface area contributed by atoms with Crippen LogP contribution in [0.1, 0.15) is 12.8 Å². The molecule has 1 aliphatic rings. The zero-order valence-electron chi connectivity index (χ0n) is 9.69. The Morgan fingerprint density at radius 1 is 1.00 bits per heavy atom. The fraction of sp³-hybridized carbons (Fsp3) is 0.357. The summed E-state index contributed by atoms with van der Waals surface area (Å²) in [6.45, 7) is 2.40. The quantitative estimate of drug-likeness (QED) is 0.659. The van der Waals surface area contributed by atoms with Crippen LogP contribution in [0.4, 0.5) is 5.82 Å². The van der Waals surface area contributed by atoms with E-state index in [0.717, 1.165) is 0 Å². The van der Waals surface area contributed by atoms with E-state index in [9.17, 15) is 0 Å². The van der Waals surface area contributed by atoms with E-state index in [1.54, 1.807) is 0 Å². The third-order valence-corrected chi connectivity index (χ3v) is 3.48. The lowest BCUT2D eigenvalue weighted by Crippen LogP contribution is -2.38. The molecule has 1 saturated heterocycles. The van der Waals surface area contributed by atoms with Gasteiger partial charge in [-0.2, -0.15) is 0 Å². The first kappa shape index (κ1) is 9.64. The number of para-hydroxylation sites is 1. The maximum atomic E-state index is 2.48. The molecule has 0 aliphatic carbocycles. The van der Waals surface area contributed by atoms with E-state index in [2.05, 4.69) is 52.9 Å². The van der Waals surface area contributed by atoms with Gasteiger partial charge in [-0.1, -0.05) is 18.2 Å². The minimum Gasteiger partial charge on any atom is -0.262 e. The number of hydrogen-bond acceptors (Lipinski definition) is 1. The second kappa shape index (κ2) is 3.78. The molecule has 3 rings (SSSR count). The normalized spacial score (nSPS) is 15.9. The molecule has 0 radical (unpaired) electrons. The molecule has 0 saturated carbocycles. The minimum absolute atomic E-state index is 1.20. The standard InChI is InChI=1S/C14H17N2/c1-15-13-7-3-2-6-12(13)8-9-14(15)16-10-4-5-11-16/h2-3,6-9H,4-5,10-11H2,1H3/q+1. The molecule has 0 atom stereocenters. The van der Waals surface area contributed by atoms with E-state index in [4.69, 9.17) is 0 Å². The van der Waals surface area contributed by atoms with Crippen molar-refractivity contribution < 1.29 is 4.57 Å². The maximum Gasteiger partial charge on any atom is 0.276 e. The van der Waals surface area contributed by atoms with Gasteiger partial charge in [0, 0.05) is 11.5 Å². The third-order valence-electron chi connectivity index (χ3n) is 3.48. The second-order valence-corrected chi connectivity index (χ2v) is 4.50. The van der Waals surface area contributed by atoms with Gasteiger partial charge >= 0.3 is 0 Å². The molecule has 2 nitrogen and oxygen atoms in total. The van der Waals surface area contributed by atoms with Gasteiger partial charge in [0.25, 0.3) is 5.82 Å². The first-order valence-electron chi connectivity index (χ1n) is 5.99. The van der Waals surface area contributed by atoms with E-state index < -0.39 is 0 Å². The van der Waals surface area contributed by atoms with Crippen LogP contribution in [-0.4, -0.2) is 13.1 Å². The Bertz CT molecular complexity index is 513. The number of anilines is 1. The van der Waals surface area contributed by atoms with Crippen molar-refractivity contribution in [3.8, 4) is 0 Å². The Balaban J connectivity index is 2.15. The molecule has 2 aromatic rings. The molecule has 0 amide bonds. The Morgan fingerprint density at radius 3 is 2.56 bits per heavy atom. The molecule has 82 valence electrons. The van der Waals surface area contributed by atoms with Crippen LogP contribution in [0.15, 0.2) is 36.4 Å². The fourth-order valence-corrected chi connectivity index (χ4v) is 2.60. The zero-order chi connectivity index (χ0) is 11.0. The monoisotopic (exact) mass is 213 g/mol. The van der Waals surface area contributed by atoms with Gasteiger partial charge in [0.1, 0.15) is 5.52 Å². The molecule has 0 spiro atoms. The van der Waals surface area contributed by atoms with Gasteiger partial charge in [-0.3, -0.25) is 4.90 Å². The molecule has 1 aromatic carbocycles. The summed E-state index contributed by atoms with van der Waals surface area (Å²) >= 11 is 0. The summed E-state index contributed by atoms with van der Waals surface area (Å²) in [6.07, 6.45) is 2.65. The summed E-state index contributed by atoms with van der Waals surface area (Å²) in [6, 6.07) is 13.0. The van der Waals surface area contributed by atoms with Crippen molar-refractivity contribution in [2.24, 2.45) is 7.05 Å². The van der Waals surface area contributed by atoms with E-state index >= 15 is 0 Å². The van der Waals surface area contributed by atoms with Crippen molar-refractivity contribution in [3.63, 3.8) is 0 Å². The summed E-state index contributed by atoms with van der Waals surface area (Å²) in [5.41, 5.74) is 1.31. The molecule has 0 bridgehead atoms. The SMILES string of the molecule is C[n+]1c(N2CCCC2)ccc2ccccc21. The molecule has 1 fully saturated rings. The van der Waals surface area contributed by atoms with Gasteiger partial charge in [-0.05, 0) is 25.0 Å². The zero-order valence-corrected chi connectivity index (χ0v) is 9.69. The highest BCUT2D eigenvalue weighted by molar-refractivity contribution is 5.76. The third kappa shape index (κ3) is 1.45. The molecule has 2 heteroatoms. The number of aryl methyl sites for hydroxylation is 1. The van der Waals surface area contributed by atoms with Crippen molar-refractivity contribution in [2.45, 2.75) is 12.8 Å². The van der Waals surface area contributed by atoms with Gasteiger partial charge in [0.2, 0.25) is 0 Å². The summed E-state index contributed by atoms with van der Waals surface area (Å²) in [7, 11) is 2.16. The van der Waals surface area contributed by atoms with Gasteiger partial charge in [-0.15, -0.1) is 0 Å². The summed E-state index contributed by atoms with van der Waals surface area (Å²) in [4.78, 5) is 2.48. The van der Waals surface area contributed by atoms with Crippen molar-refractivity contribution in [1.29, 1.82) is 0 Å². The average molecular weight is 213 g/mol. The molecule has 1 aliphatic heterocycles. The van der Waals surface area contributed by atoms with Crippen molar-refractivity contribution in [3.05, 3.63) is 36.4 Å². The van der Waals surface area contributed by atoms with Gasteiger partial charge in [0.05, 0.1) is 20.1 Å². The molecular formula is C14H17N2+. The Morgan fingerprint density at radius 2 is 1.75 bits per heavy atom. The van der Waals surface area contributed by atoms with Crippen molar-refractivity contribution >= 4 is 16.7 Å². The molecule has 1 aromatic heterocycles. The molecule has 2 heterocycles. The number of aromatic nitrogens is 1. The molecule has 0 unspecified atom stereocenters. The summed E-state index contributed by atoms with van der Waals surface area (Å²) in [5, 5.41) is 1.31. The minimum atomic E-state index is 1.20. The molecule has 16 heavy (non-hydrogen) atoms. The summed E-state index contributed by atoms with van der Waals surface area (Å²) < 4.78 is 2.31. The van der Waals surface area contributed by atoms with E-state index in [-0.39, 0.29) is 0 Å². The highest BCUT2D eigenvalue weighted by Crippen LogP contribution is 2.19. The van der Waals surface area contributed by atoms with E-state index in [1.165, 1.54) is 42.7 Å². The lowest BCUT2D eigenvalue weighted by molar-refractivity contribution is -0.632. The van der Waals surface area contributed by atoms with E-state index in [0.29, 0.717) is 0 Å². The Hall–Kier alpha value is -1.57. The van der Waals surface area contributed by atoms with Crippen LogP contribution >= 0.6 is 0 Å². The Labute approximate surface area is 96.1 Å². The maximum absolute atomic E-state index is 2.48. The predicted octanol–water partition coefficient (Wildman–Crippen LogP) is 2.26. The smallest absolute Gasteiger partial charge is 0.262 e. The van der Waals surface area contributed by atoms with Crippen LogP contribution in [0.25, 0.3) is 10.9 Å². The van der Waals surface area contributed by atoms with E-state index in [1.807, 2.05) is 0 Å². The number of pyridine rings is 1. The molecule has 0 N–H and O–H groups in total. The van der Waals surface area contributed by atoms with Crippen LogP contribution in [0.2, 0.25) is 0 Å². The number of hydrogen-bond donors (Lipinski definition) is 0. The number of nitrogens with zero attached hydrogens (tertiary/aromatic N) is 2. The lowest BCUT2D eigenvalue weighted by atomic mass is 10.2. The highest BCUT2D eigenvalue weighted by Gasteiger charge is 2.22. The fourth-order valence-electron chi connectivity index (χ4n) is 2.60. The predicted molar refractivity (Wildman–Crippen MR) is 66.6 cm³/mol. The lowest BCUT2D eigenvalue weighted by Gasteiger charge is -2.13. The number of fused-ring (bicyclic) bond motifs is 1. The van der Waals surface area contributed by atoms with Gasteiger partial charge < -0.3 is 0 Å². The first-order valence-corrected chi connectivity index (χ1v) is 5.99. The van der Waals surface area contributed by atoms with Crippen LogP contribution in [-0.2, 0) is 7.05 Å². The van der Waals surface area contributed by atoms with Crippen LogP contribution in [0.3, 0.4) is 0 Å². The first-order chi connectivity index (χ1) is 7.86. The second-order valence-electron chi connectivity index (χ2n) is 4.50. The topological polar surface area (TPSA) is 7.12 Å². The van der Waals surface area contributed by atoms with Crippen LogP contribution in [0.5, 0.6) is 0 Å². The largest absolute Gasteiger partial charge is 0.276 e. The molecular weight excluding hydrogens is 196 g/mol. The van der Waals surface area contributed by atoms with Crippen LogP contribution < -0.4 is 9.47 Å². The highest BCUT2D eigenvalue weighted by atomic mass is 15.2. The van der Waals surface area contributed by atoms with Gasteiger partial charge in [-0.25, -0.2) is 4.57 Å². The van der Waals surface area contributed by atoms with Crippen molar-refractivity contribution in [2.75, 3.05) is 18.0 Å². The van der Waals surface area contributed by atoms with Gasteiger partial charge in [0.15, 0.2) is 0 Å². The van der Waals surface area contributed by atoms with Crippen molar-refractivity contribution in [1.82, 2.24) is 0 Å². The van der Waals surface area contributed by atoms with Crippen LogP contribution in [0, 0.1) is 0 Å². The average Bonchev–Trinajstić information content (AvgIpc) is 2.83. The Kier molecular flexibility index (Phi) is 2.28. The number of rotatable bonds is 1. The number of benzene rings is 1.